The Labute approximate surface area is 88.8 Å². The molecule has 0 amide bonds. The lowest BCUT2D eigenvalue weighted by molar-refractivity contribution is 0.721. The first-order valence-corrected chi connectivity index (χ1v) is 5.90. The average Bonchev–Trinajstić information content (AvgIpc) is 2.60. The van der Waals surface area contributed by atoms with Crippen LogP contribution in [0, 0.1) is 0 Å². The molecule has 1 N–H and O–H groups in total. The smallest absolute Gasteiger partial charge is 0.0345 e. The summed E-state index contributed by atoms with van der Waals surface area (Å²) in [4.78, 5) is 1.48. The van der Waals surface area contributed by atoms with Crippen molar-refractivity contribution in [2.24, 2.45) is 0 Å². The largest absolute Gasteiger partial charge is 0.317 e. The van der Waals surface area contributed by atoms with Gasteiger partial charge in [0.25, 0.3) is 0 Å². The van der Waals surface area contributed by atoms with Crippen LogP contribution in [0.5, 0.6) is 0 Å². The summed E-state index contributed by atoms with van der Waals surface area (Å²) >= 11 is 1.91. The molecule has 14 heavy (non-hydrogen) atoms. The van der Waals surface area contributed by atoms with E-state index in [2.05, 4.69) is 42.6 Å². The van der Waals surface area contributed by atoms with Crippen LogP contribution < -0.4 is 5.32 Å². The highest BCUT2D eigenvalue weighted by molar-refractivity contribution is 7.19. The second-order valence-corrected chi connectivity index (χ2v) is 4.52. The third-order valence-corrected chi connectivity index (χ3v) is 3.45. The Morgan fingerprint density at radius 2 is 2.14 bits per heavy atom. The van der Waals surface area contributed by atoms with E-state index < -0.39 is 0 Å². The van der Waals surface area contributed by atoms with Crippen molar-refractivity contribution < 1.29 is 0 Å². The van der Waals surface area contributed by atoms with Gasteiger partial charge in [0.2, 0.25) is 0 Å². The van der Waals surface area contributed by atoms with E-state index >= 15 is 0 Å². The standard InChI is InChI=1S/C12H15NS/c1-2-13-8-7-11-9-10-5-3-4-6-12(10)14-11/h3-6,9,13H,2,7-8H2,1H3. The zero-order chi connectivity index (χ0) is 9.80. The molecule has 0 unspecified atom stereocenters. The Morgan fingerprint density at radius 1 is 1.29 bits per heavy atom. The van der Waals surface area contributed by atoms with Gasteiger partial charge < -0.3 is 5.32 Å². The molecule has 0 spiro atoms. The number of likely N-dealkylation sites (N-methyl/N-ethyl adjacent to an activating group) is 1. The molecule has 2 aromatic rings. The maximum atomic E-state index is 3.35. The van der Waals surface area contributed by atoms with E-state index in [1.807, 2.05) is 11.3 Å². The lowest BCUT2D eigenvalue weighted by atomic mass is 10.2. The zero-order valence-corrected chi connectivity index (χ0v) is 9.23. The summed E-state index contributed by atoms with van der Waals surface area (Å²) in [7, 11) is 0. The maximum Gasteiger partial charge on any atom is 0.0345 e. The first-order valence-electron chi connectivity index (χ1n) is 5.08. The van der Waals surface area contributed by atoms with E-state index in [0.717, 1.165) is 19.5 Å². The maximum absolute atomic E-state index is 3.35. The second-order valence-electron chi connectivity index (χ2n) is 3.35. The fraction of sp³-hybridized carbons (Fsp3) is 0.333. The van der Waals surface area contributed by atoms with Crippen molar-refractivity contribution in [3.63, 3.8) is 0 Å². The fourth-order valence-electron chi connectivity index (χ4n) is 1.55. The molecule has 2 rings (SSSR count). The zero-order valence-electron chi connectivity index (χ0n) is 8.42. The Kier molecular flexibility index (Phi) is 3.17. The highest BCUT2D eigenvalue weighted by atomic mass is 32.1. The molecule has 0 atom stereocenters. The first kappa shape index (κ1) is 9.69. The van der Waals surface area contributed by atoms with Crippen LogP contribution >= 0.6 is 11.3 Å². The van der Waals surface area contributed by atoms with E-state index in [1.54, 1.807) is 0 Å². The van der Waals surface area contributed by atoms with Crippen LogP contribution in [0.25, 0.3) is 10.1 Å². The molecule has 1 aromatic heterocycles. The van der Waals surface area contributed by atoms with Crippen molar-refractivity contribution in [3.8, 4) is 0 Å². The van der Waals surface area contributed by atoms with Crippen molar-refractivity contribution in [2.75, 3.05) is 13.1 Å². The van der Waals surface area contributed by atoms with E-state index in [1.165, 1.54) is 15.0 Å². The number of fused-ring (bicyclic) bond motifs is 1. The molecule has 0 aliphatic carbocycles. The van der Waals surface area contributed by atoms with Crippen molar-refractivity contribution >= 4 is 21.4 Å². The van der Waals surface area contributed by atoms with Crippen LogP contribution in [-0.4, -0.2) is 13.1 Å². The average molecular weight is 205 g/mol. The summed E-state index contributed by atoms with van der Waals surface area (Å²) in [5.74, 6) is 0. The highest BCUT2D eigenvalue weighted by Crippen LogP contribution is 2.25. The first-order chi connectivity index (χ1) is 6.90. The van der Waals surface area contributed by atoms with Gasteiger partial charge in [-0.3, -0.25) is 0 Å². The Hall–Kier alpha value is -0.860. The van der Waals surface area contributed by atoms with Crippen LogP contribution in [0.1, 0.15) is 11.8 Å². The summed E-state index contributed by atoms with van der Waals surface area (Å²) in [6.07, 6.45) is 1.15. The van der Waals surface area contributed by atoms with Gasteiger partial charge in [0.15, 0.2) is 0 Å². The minimum absolute atomic E-state index is 1.06. The van der Waals surface area contributed by atoms with Gasteiger partial charge in [-0.1, -0.05) is 25.1 Å². The predicted octanol–water partition coefficient (Wildman–Crippen LogP) is 3.05. The van der Waals surface area contributed by atoms with Gasteiger partial charge in [-0.25, -0.2) is 0 Å². The number of benzene rings is 1. The Bertz CT molecular complexity index is 372. The summed E-state index contributed by atoms with van der Waals surface area (Å²) in [6.45, 7) is 4.29. The van der Waals surface area contributed by atoms with Gasteiger partial charge in [0.05, 0.1) is 0 Å². The van der Waals surface area contributed by atoms with Crippen LogP contribution in [-0.2, 0) is 6.42 Å². The van der Waals surface area contributed by atoms with Gasteiger partial charge in [-0.05, 0) is 37.0 Å². The number of rotatable bonds is 4. The molecule has 1 nitrogen and oxygen atoms in total. The van der Waals surface area contributed by atoms with Gasteiger partial charge in [-0.2, -0.15) is 0 Å². The topological polar surface area (TPSA) is 12.0 Å². The quantitative estimate of drug-likeness (QED) is 0.756. The van der Waals surface area contributed by atoms with Gasteiger partial charge in [0, 0.05) is 9.58 Å². The molecular formula is C12H15NS. The van der Waals surface area contributed by atoms with E-state index in [0.29, 0.717) is 0 Å². The molecule has 74 valence electrons. The molecule has 2 heteroatoms. The highest BCUT2D eigenvalue weighted by Gasteiger charge is 1.99. The normalized spacial score (nSPS) is 10.9. The number of nitrogens with one attached hydrogen (secondary N) is 1. The van der Waals surface area contributed by atoms with Crippen molar-refractivity contribution in [2.45, 2.75) is 13.3 Å². The molecule has 0 saturated carbocycles. The van der Waals surface area contributed by atoms with Crippen LogP contribution in [0.4, 0.5) is 0 Å². The van der Waals surface area contributed by atoms with Crippen LogP contribution in [0.3, 0.4) is 0 Å². The molecule has 0 saturated heterocycles. The van der Waals surface area contributed by atoms with Crippen LogP contribution in [0.15, 0.2) is 30.3 Å². The minimum atomic E-state index is 1.06. The van der Waals surface area contributed by atoms with Crippen molar-refractivity contribution in [3.05, 3.63) is 35.2 Å². The number of hydrogen-bond acceptors (Lipinski definition) is 2. The molecule has 0 radical (unpaired) electrons. The molecule has 0 aliphatic rings. The van der Waals surface area contributed by atoms with Crippen LogP contribution in [0.2, 0.25) is 0 Å². The Morgan fingerprint density at radius 3 is 2.93 bits per heavy atom. The molecule has 0 bridgehead atoms. The summed E-state index contributed by atoms with van der Waals surface area (Å²) < 4.78 is 1.40. The third-order valence-electron chi connectivity index (χ3n) is 2.27. The SMILES string of the molecule is CCNCCc1cc2ccccc2s1. The summed E-state index contributed by atoms with van der Waals surface area (Å²) in [5, 5.41) is 4.73. The Balaban J connectivity index is 2.11. The molecule has 0 fully saturated rings. The number of thiophene rings is 1. The van der Waals surface area contributed by atoms with E-state index in [-0.39, 0.29) is 0 Å². The van der Waals surface area contributed by atoms with E-state index in [4.69, 9.17) is 0 Å². The number of hydrogen-bond donors (Lipinski definition) is 1. The summed E-state index contributed by atoms with van der Waals surface area (Å²) in [5.41, 5.74) is 0. The van der Waals surface area contributed by atoms with E-state index in [9.17, 15) is 0 Å². The molecule has 0 aliphatic heterocycles. The predicted molar refractivity (Wildman–Crippen MR) is 64.1 cm³/mol. The molecule has 1 heterocycles. The van der Waals surface area contributed by atoms with Crippen molar-refractivity contribution in [1.29, 1.82) is 0 Å². The lowest BCUT2D eigenvalue weighted by Gasteiger charge is -1.97. The molecule has 1 aromatic carbocycles. The minimum Gasteiger partial charge on any atom is -0.317 e. The van der Waals surface area contributed by atoms with Gasteiger partial charge in [0.1, 0.15) is 0 Å². The van der Waals surface area contributed by atoms with Crippen molar-refractivity contribution in [1.82, 2.24) is 5.32 Å². The monoisotopic (exact) mass is 205 g/mol. The third kappa shape index (κ3) is 2.14. The summed E-state index contributed by atoms with van der Waals surface area (Å²) in [6, 6.07) is 10.9. The fourth-order valence-corrected chi connectivity index (χ4v) is 2.61. The molecular weight excluding hydrogens is 190 g/mol. The lowest BCUT2D eigenvalue weighted by Crippen LogP contribution is -2.15. The van der Waals surface area contributed by atoms with Gasteiger partial charge in [-0.15, -0.1) is 11.3 Å². The van der Waals surface area contributed by atoms with Gasteiger partial charge >= 0.3 is 0 Å². The second kappa shape index (κ2) is 4.58.